The van der Waals surface area contributed by atoms with E-state index in [1.165, 1.54) is 11.9 Å². The van der Waals surface area contributed by atoms with Crippen molar-refractivity contribution in [3.8, 4) is 0 Å². The Kier molecular flexibility index (Phi) is 4.32. The summed E-state index contributed by atoms with van der Waals surface area (Å²) >= 11 is 0. The van der Waals surface area contributed by atoms with Crippen molar-refractivity contribution in [3.05, 3.63) is 42.1 Å². The van der Waals surface area contributed by atoms with Gasteiger partial charge in [-0.05, 0) is 24.0 Å². The van der Waals surface area contributed by atoms with Gasteiger partial charge in [-0.25, -0.2) is 5.01 Å². The van der Waals surface area contributed by atoms with Crippen molar-refractivity contribution in [1.29, 1.82) is 0 Å². The molecule has 0 saturated heterocycles. The van der Waals surface area contributed by atoms with Crippen LogP contribution in [0.1, 0.15) is 33.3 Å². The number of para-hydroxylation sites is 1. The second-order valence-corrected chi connectivity index (χ2v) is 4.86. The van der Waals surface area contributed by atoms with E-state index in [9.17, 15) is 0 Å². The fourth-order valence-corrected chi connectivity index (χ4v) is 1.70. The number of rotatable bonds is 3. The molecule has 0 spiro atoms. The normalized spacial score (nSPS) is 12.5. The lowest BCUT2D eigenvalue weighted by Gasteiger charge is -2.26. The highest BCUT2D eigenvalue weighted by molar-refractivity contribution is 5.61. The van der Waals surface area contributed by atoms with E-state index in [4.69, 9.17) is 5.73 Å². The van der Waals surface area contributed by atoms with E-state index >= 15 is 0 Å². The first-order valence-electron chi connectivity index (χ1n) is 5.76. The molecule has 0 aliphatic heterocycles. The molecule has 0 heterocycles. The molecule has 0 aromatic heterocycles. The van der Waals surface area contributed by atoms with Crippen molar-refractivity contribution in [1.82, 2.24) is 0 Å². The Morgan fingerprint density at radius 3 is 2.41 bits per heavy atom. The van der Waals surface area contributed by atoms with Crippen LogP contribution in [0.3, 0.4) is 0 Å². The van der Waals surface area contributed by atoms with Crippen LogP contribution >= 0.6 is 0 Å². The van der Waals surface area contributed by atoms with E-state index in [0.717, 1.165) is 5.69 Å². The fourth-order valence-electron chi connectivity index (χ4n) is 1.70. The Morgan fingerprint density at radius 2 is 1.88 bits per heavy atom. The minimum Gasteiger partial charge on any atom is -0.388 e. The molecule has 0 saturated carbocycles. The van der Waals surface area contributed by atoms with E-state index in [-0.39, 0.29) is 5.41 Å². The van der Waals surface area contributed by atoms with Crippen LogP contribution in [0.15, 0.2) is 41.6 Å². The molecule has 0 aliphatic carbocycles. The zero-order chi connectivity index (χ0) is 12.9. The molecule has 0 radical (unpaired) electrons. The zero-order valence-corrected chi connectivity index (χ0v) is 11.0. The summed E-state index contributed by atoms with van der Waals surface area (Å²) in [7, 11) is 0. The molecule has 1 rings (SSSR count). The first-order valence-corrected chi connectivity index (χ1v) is 5.76. The minimum absolute atomic E-state index is 0.0700. The molecular weight excluding hydrogens is 210 g/mol. The minimum atomic E-state index is 0.0700. The lowest BCUT2D eigenvalue weighted by molar-refractivity contribution is 0.589. The SMILES string of the molecule is C/C=C\N(/N=C\N)c1ccccc1C(C)(C)C. The third-order valence-corrected chi connectivity index (χ3v) is 2.44. The van der Waals surface area contributed by atoms with E-state index in [2.05, 4.69) is 31.9 Å². The lowest BCUT2D eigenvalue weighted by atomic mass is 9.86. The van der Waals surface area contributed by atoms with Gasteiger partial charge in [0.15, 0.2) is 0 Å². The molecule has 17 heavy (non-hydrogen) atoms. The summed E-state index contributed by atoms with van der Waals surface area (Å²) in [5.74, 6) is 0. The van der Waals surface area contributed by atoms with Crippen LogP contribution in [0.2, 0.25) is 0 Å². The van der Waals surface area contributed by atoms with Crippen molar-refractivity contribution in [2.45, 2.75) is 33.1 Å². The van der Waals surface area contributed by atoms with Gasteiger partial charge in [-0.3, -0.25) is 0 Å². The molecule has 0 amide bonds. The zero-order valence-electron chi connectivity index (χ0n) is 11.0. The predicted octanol–water partition coefficient (Wildman–Crippen LogP) is 3.23. The number of hydrogen-bond acceptors (Lipinski definition) is 2. The van der Waals surface area contributed by atoms with Crippen LogP contribution in [0, 0.1) is 0 Å². The highest BCUT2D eigenvalue weighted by Gasteiger charge is 2.19. The number of allylic oxidation sites excluding steroid dienone is 1. The third kappa shape index (κ3) is 3.34. The fraction of sp³-hybridized carbons (Fsp3) is 0.357. The Hall–Kier alpha value is -1.77. The van der Waals surface area contributed by atoms with Crippen molar-refractivity contribution >= 4 is 12.0 Å². The van der Waals surface area contributed by atoms with Crippen molar-refractivity contribution in [2.24, 2.45) is 10.8 Å². The Labute approximate surface area is 104 Å². The maximum atomic E-state index is 5.39. The molecule has 3 heteroatoms. The van der Waals surface area contributed by atoms with E-state index < -0.39 is 0 Å². The molecule has 1 aromatic rings. The molecular formula is C14H21N3. The number of anilines is 1. The Morgan fingerprint density at radius 1 is 1.24 bits per heavy atom. The molecule has 1 aromatic carbocycles. The van der Waals surface area contributed by atoms with Crippen molar-refractivity contribution in [2.75, 3.05) is 5.01 Å². The third-order valence-electron chi connectivity index (χ3n) is 2.44. The molecule has 2 N–H and O–H groups in total. The summed E-state index contributed by atoms with van der Waals surface area (Å²) in [6, 6.07) is 8.22. The number of hydrogen-bond donors (Lipinski definition) is 1. The number of benzene rings is 1. The quantitative estimate of drug-likeness (QED) is 0.493. The van der Waals surface area contributed by atoms with Crippen LogP contribution in [0.5, 0.6) is 0 Å². The standard InChI is InChI=1S/C14H21N3/c1-5-10-17(16-11-15)13-9-7-6-8-12(13)14(2,3)4/h5-11H,1-4H3,(H2,15,16)/b10-5-. The van der Waals surface area contributed by atoms with Gasteiger partial charge in [0.05, 0.1) is 5.69 Å². The average molecular weight is 231 g/mol. The average Bonchev–Trinajstić information content (AvgIpc) is 2.28. The summed E-state index contributed by atoms with van der Waals surface area (Å²) in [5.41, 5.74) is 7.75. The smallest absolute Gasteiger partial charge is 0.107 e. The van der Waals surface area contributed by atoms with Gasteiger partial charge in [-0.1, -0.05) is 45.0 Å². The summed E-state index contributed by atoms with van der Waals surface area (Å²) < 4.78 is 0. The second-order valence-electron chi connectivity index (χ2n) is 4.86. The monoisotopic (exact) mass is 231 g/mol. The van der Waals surface area contributed by atoms with Crippen LogP contribution in [0.25, 0.3) is 0 Å². The molecule has 0 fully saturated rings. The van der Waals surface area contributed by atoms with Gasteiger partial charge in [0, 0.05) is 6.20 Å². The molecule has 0 aliphatic rings. The molecule has 92 valence electrons. The molecule has 0 bridgehead atoms. The maximum Gasteiger partial charge on any atom is 0.107 e. The number of nitrogens with two attached hydrogens (primary N) is 1. The molecule has 0 atom stereocenters. The van der Waals surface area contributed by atoms with Gasteiger partial charge in [0.25, 0.3) is 0 Å². The van der Waals surface area contributed by atoms with Crippen LogP contribution in [-0.4, -0.2) is 6.34 Å². The summed E-state index contributed by atoms with van der Waals surface area (Å²) in [4.78, 5) is 0. The van der Waals surface area contributed by atoms with E-state index in [1.54, 1.807) is 5.01 Å². The van der Waals surface area contributed by atoms with Gasteiger partial charge in [0.2, 0.25) is 0 Å². The van der Waals surface area contributed by atoms with Crippen LogP contribution in [-0.2, 0) is 5.41 Å². The van der Waals surface area contributed by atoms with Crippen molar-refractivity contribution in [3.63, 3.8) is 0 Å². The highest BCUT2D eigenvalue weighted by Crippen LogP contribution is 2.32. The molecule has 0 unspecified atom stereocenters. The van der Waals surface area contributed by atoms with Crippen molar-refractivity contribution < 1.29 is 0 Å². The Bertz CT molecular complexity index is 402. The second kappa shape index (κ2) is 5.53. The first-order chi connectivity index (χ1) is 8.00. The largest absolute Gasteiger partial charge is 0.388 e. The van der Waals surface area contributed by atoms with Crippen LogP contribution < -0.4 is 10.7 Å². The van der Waals surface area contributed by atoms with Gasteiger partial charge < -0.3 is 5.73 Å². The summed E-state index contributed by atoms with van der Waals surface area (Å²) in [6.45, 7) is 8.52. The van der Waals surface area contributed by atoms with E-state index in [1.807, 2.05) is 37.4 Å². The predicted molar refractivity (Wildman–Crippen MR) is 75.1 cm³/mol. The van der Waals surface area contributed by atoms with E-state index in [0.29, 0.717) is 0 Å². The topological polar surface area (TPSA) is 41.6 Å². The summed E-state index contributed by atoms with van der Waals surface area (Å²) in [6.07, 6.45) is 5.14. The Balaban J connectivity index is 3.28. The first kappa shape index (κ1) is 13.3. The summed E-state index contributed by atoms with van der Waals surface area (Å²) in [5, 5.41) is 5.95. The number of hydrazone groups is 1. The highest BCUT2D eigenvalue weighted by atomic mass is 15.4. The van der Waals surface area contributed by atoms with Gasteiger partial charge in [-0.2, -0.15) is 5.10 Å². The maximum absolute atomic E-state index is 5.39. The molecule has 3 nitrogen and oxygen atoms in total. The van der Waals surface area contributed by atoms with Gasteiger partial charge >= 0.3 is 0 Å². The number of nitrogens with zero attached hydrogens (tertiary/aromatic N) is 2. The van der Waals surface area contributed by atoms with Gasteiger partial charge in [-0.15, -0.1) is 0 Å². The van der Waals surface area contributed by atoms with Gasteiger partial charge in [0.1, 0.15) is 6.34 Å². The lowest BCUT2D eigenvalue weighted by Crippen LogP contribution is -2.18. The van der Waals surface area contributed by atoms with Crippen LogP contribution in [0.4, 0.5) is 5.69 Å².